The number of hydrogen-bond acceptors (Lipinski definition) is 3. The molecule has 0 bridgehead atoms. The highest BCUT2D eigenvalue weighted by molar-refractivity contribution is 5.75. The minimum atomic E-state index is -0.769. The molecule has 1 aliphatic carbocycles. The molecule has 3 unspecified atom stereocenters. The molecule has 0 N–H and O–H groups in total. The maximum absolute atomic E-state index is 14.3. The third-order valence-electron chi connectivity index (χ3n) is 6.62. The molecule has 2 aliphatic heterocycles. The first kappa shape index (κ1) is 21.7. The van der Waals surface area contributed by atoms with Gasteiger partial charge in [0.05, 0.1) is 25.9 Å². The quantitative estimate of drug-likeness (QED) is 0.603. The number of halogens is 2. The molecule has 1 aromatic carbocycles. The predicted octanol–water partition coefficient (Wildman–Crippen LogP) is 5.82. The van der Waals surface area contributed by atoms with E-state index in [4.69, 9.17) is 14.2 Å². The second-order valence-corrected chi connectivity index (χ2v) is 8.88. The largest absolute Gasteiger partial charge is 0.377 e. The molecule has 3 atom stereocenters. The molecule has 2 fully saturated rings. The smallest absolute Gasteiger partial charge is 0.166 e. The van der Waals surface area contributed by atoms with Crippen LogP contribution in [0.2, 0.25) is 0 Å². The summed E-state index contributed by atoms with van der Waals surface area (Å²) >= 11 is 0. The van der Waals surface area contributed by atoms with Crippen molar-refractivity contribution in [1.82, 2.24) is 0 Å². The Bertz CT molecular complexity index is 788. The van der Waals surface area contributed by atoms with E-state index >= 15 is 0 Å². The third-order valence-corrected chi connectivity index (χ3v) is 6.62. The topological polar surface area (TPSA) is 27.7 Å². The van der Waals surface area contributed by atoms with E-state index in [2.05, 4.69) is 13.0 Å². The third kappa shape index (κ3) is 4.68. The van der Waals surface area contributed by atoms with Gasteiger partial charge in [0.2, 0.25) is 0 Å². The number of aryl methyl sites for hydroxylation is 1. The molecule has 2 saturated heterocycles. The maximum atomic E-state index is 14.3. The lowest BCUT2D eigenvalue weighted by Crippen LogP contribution is -2.42. The Morgan fingerprint density at radius 3 is 2.43 bits per heavy atom. The average Bonchev–Trinajstić information content (AvgIpc) is 2.79. The van der Waals surface area contributed by atoms with Crippen LogP contribution in [0.5, 0.6) is 0 Å². The molecule has 0 spiro atoms. The van der Waals surface area contributed by atoms with Crippen molar-refractivity contribution in [2.75, 3.05) is 19.8 Å². The van der Waals surface area contributed by atoms with Crippen LogP contribution in [0.3, 0.4) is 0 Å². The van der Waals surface area contributed by atoms with E-state index in [1.807, 2.05) is 12.2 Å². The lowest BCUT2D eigenvalue weighted by atomic mass is 9.84. The molecule has 2 heterocycles. The van der Waals surface area contributed by atoms with Crippen molar-refractivity contribution < 1.29 is 23.0 Å². The zero-order valence-electron chi connectivity index (χ0n) is 17.9. The summed E-state index contributed by atoms with van der Waals surface area (Å²) in [6.07, 6.45) is 11.0. The number of allylic oxidation sites excluding steroid dienone is 3. The molecule has 3 aliphatic rings. The molecule has 0 saturated carbocycles. The summed E-state index contributed by atoms with van der Waals surface area (Å²) in [4.78, 5) is 0. The highest BCUT2D eigenvalue weighted by atomic mass is 19.2. The summed E-state index contributed by atoms with van der Waals surface area (Å²) in [6, 6.07) is 3.28. The molecular weight excluding hydrogens is 386 g/mol. The Balaban J connectivity index is 1.28. The summed E-state index contributed by atoms with van der Waals surface area (Å²) in [6.45, 7) is 5.98. The van der Waals surface area contributed by atoms with Crippen molar-refractivity contribution in [3.63, 3.8) is 0 Å². The Labute approximate surface area is 178 Å². The Hall–Kier alpha value is -1.56. The van der Waals surface area contributed by atoms with Gasteiger partial charge in [-0.2, -0.15) is 0 Å². The van der Waals surface area contributed by atoms with Gasteiger partial charge in [0, 0.05) is 23.3 Å². The van der Waals surface area contributed by atoms with Gasteiger partial charge in [0.1, 0.15) is 0 Å². The van der Waals surface area contributed by atoms with E-state index < -0.39 is 11.6 Å². The van der Waals surface area contributed by atoms with Gasteiger partial charge in [-0.15, -0.1) is 0 Å². The van der Waals surface area contributed by atoms with Gasteiger partial charge in [-0.05, 0) is 43.7 Å². The van der Waals surface area contributed by atoms with Crippen molar-refractivity contribution in [3.8, 4) is 0 Å². The van der Waals surface area contributed by atoms with Crippen LogP contribution in [0.4, 0.5) is 8.78 Å². The SMILES string of the molecule is CCCC1COC(C2CCC(C3C=CC(c4ccc(C)c(F)c4F)=CC3)OC2)OC1. The van der Waals surface area contributed by atoms with Crippen LogP contribution in [0.25, 0.3) is 5.57 Å². The number of benzene rings is 1. The monoisotopic (exact) mass is 418 g/mol. The van der Waals surface area contributed by atoms with E-state index in [-0.39, 0.29) is 24.2 Å². The van der Waals surface area contributed by atoms with Crippen LogP contribution in [0, 0.1) is 36.3 Å². The number of ether oxygens (including phenoxy) is 3. The van der Waals surface area contributed by atoms with Crippen LogP contribution in [0.1, 0.15) is 50.2 Å². The lowest BCUT2D eigenvalue weighted by molar-refractivity contribution is -0.242. The van der Waals surface area contributed by atoms with Gasteiger partial charge in [-0.3, -0.25) is 0 Å². The fraction of sp³-hybridized carbons (Fsp3) is 0.600. The molecule has 0 radical (unpaired) electrons. The van der Waals surface area contributed by atoms with Crippen LogP contribution in [-0.4, -0.2) is 32.2 Å². The number of rotatable bonds is 5. The molecule has 164 valence electrons. The molecule has 4 rings (SSSR count). The zero-order chi connectivity index (χ0) is 21.1. The minimum absolute atomic E-state index is 0.145. The summed E-state index contributed by atoms with van der Waals surface area (Å²) in [5.74, 6) is -0.473. The van der Waals surface area contributed by atoms with Crippen LogP contribution in [0.15, 0.2) is 30.4 Å². The first-order valence-corrected chi connectivity index (χ1v) is 11.2. The van der Waals surface area contributed by atoms with E-state index in [9.17, 15) is 8.78 Å². The molecule has 3 nitrogen and oxygen atoms in total. The zero-order valence-corrected chi connectivity index (χ0v) is 17.9. The van der Waals surface area contributed by atoms with Crippen LogP contribution >= 0.6 is 0 Å². The summed E-state index contributed by atoms with van der Waals surface area (Å²) in [5.41, 5.74) is 1.39. The first-order valence-electron chi connectivity index (χ1n) is 11.2. The van der Waals surface area contributed by atoms with Crippen molar-refractivity contribution in [2.45, 2.75) is 58.3 Å². The predicted molar refractivity (Wildman–Crippen MR) is 113 cm³/mol. The standard InChI is InChI=1S/C25H32F2O3/c1-3-4-17-13-29-25(30-14-17)20-10-12-22(28-15-20)19-8-6-18(7-9-19)21-11-5-16(2)23(26)24(21)27/h5-8,11,17,19-20,22,25H,3-4,9-10,12-15H2,1-2H3. The van der Waals surface area contributed by atoms with Gasteiger partial charge in [-0.25, -0.2) is 8.78 Å². The fourth-order valence-electron chi connectivity index (χ4n) is 4.73. The summed E-state index contributed by atoms with van der Waals surface area (Å²) in [7, 11) is 0. The van der Waals surface area contributed by atoms with E-state index in [1.54, 1.807) is 19.1 Å². The summed E-state index contributed by atoms with van der Waals surface area (Å²) < 4.78 is 46.3. The fourth-order valence-corrected chi connectivity index (χ4v) is 4.73. The Morgan fingerprint density at radius 1 is 1.00 bits per heavy atom. The van der Waals surface area contributed by atoms with Gasteiger partial charge >= 0.3 is 0 Å². The van der Waals surface area contributed by atoms with Crippen molar-refractivity contribution in [1.29, 1.82) is 0 Å². The minimum Gasteiger partial charge on any atom is -0.377 e. The lowest BCUT2D eigenvalue weighted by Gasteiger charge is -2.39. The van der Waals surface area contributed by atoms with Crippen molar-refractivity contribution in [3.05, 3.63) is 53.1 Å². The molecule has 1 aromatic rings. The van der Waals surface area contributed by atoms with Crippen LogP contribution < -0.4 is 0 Å². The highest BCUT2D eigenvalue weighted by Gasteiger charge is 2.35. The van der Waals surface area contributed by atoms with Gasteiger partial charge < -0.3 is 14.2 Å². The average molecular weight is 419 g/mol. The summed E-state index contributed by atoms with van der Waals surface area (Å²) in [5, 5.41) is 0. The second kappa shape index (κ2) is 9.71. The maximum Gasteiger partial charge on any atom is 0.166 e. The van der Waals surface area contributed by atoms with Crippen LogP contribution in [-0.2, 0) is 14.2 Å². The molecule has 30 heavy (non-hydrogen) atoms. The molecular formula is C25H32F2O3. The highest BCUT2D eigenvalue weighted by Crippen LogP contribution is 2.35. The molecule has 0 amide bonds. The van der Waals surface area contributed by atoms with Crippen molar-refractivity contribution in [2.24, 2.45) is 17.8 Å². The second-order valence-electron chi connectivity index (χ2n) is 8.88. The van der Waals surface area contributed by atoms with E-state index in [0.29, 0.717) is 23.7 Å². The van der Waals surface area contributed by atoms with Gasteiger partial charge in [0.15, 0.2) is 17.9 Å². The van der Waals surface area contributed by atoms with Crippen molar-refractivity contribution >= 4 is 5.57 Å². The van der Waals surface area contributed by atoms with Gasteiger partial charge in [0.25, 0.3) is 0 Å². The Morgan fingerprint density at radius 2 is 1.80 bits per heavy atom. The molecule has 5 heteroatoms. The first-order chi connectivity index (χ1) is 14.6. The molecule has 0 aromatic heterocycles. The normalized spacial score (nSPS) is 32.1. The number of hydrogen-bond donors (Lipinski definition) is 0. The van der Waals surface area contributed by atoms with Gasteiger partial charge in [-0.1, -0.05) is 43.7 Å². The van der Waals surface area contributed by atoms with E-state index in [0.717, 1.165) is 50.9 Å². The Kier molecular flexibility index (Phi) is 7.01. The van der Waals surface area contributed by atoms with E-state index in [1.165, 1.54) is 0 Å².